The molecule has 16 heavy (non-hydrogen) atoms. The summed E-state index contributed by atoms with van der Waals surface area (Å²) in [6, 6.07) is 5.72. The predicted octanol–water partition coefficient (Wildman–Crippen LogP) is 1.66. The van der Waals surface area contributed by atoms with E-state index in [2.05, 4.69) is 5.32 Å². The summed E-state index contributed by atoms with van der Waals surface area (Å²) in [7, 11) is 0. The normalized spacial score (nSPS) is 24.6. The molecule has 4 nitrogen and oxygen atoms in total. The number of hydrogen-bond acceptors (Lipinski definition) is 4. The minimum Gasteiger partial charge on any atom is -0.486 e. The fourth-order valence-electron chi connectivity index (χ4n) is 1.76. The molecule has 2 rings (SSSR count). The summed E-state index contributed by atoms with van der Waals surface area (Å²) >= 11 is 1.92. The van der Waals surface area contributed by atoms with E-state index in [0.29, 0.717) is 0 Å². The van der Waals surface area contributed by atoms with Crippen LogP contribution in [0.3, 0.4) is 0 Å². The van der Waals surface area contributed by atoms with Crippen molar-refractivity contribution in [1.82, 2.24) is 5.32 Å². The third kappa shape index (κ3) is 2.41. The Labute approximate surface area is 109 Å². The molecule has 1 fully saturated rings. The Morgan fingerprint density at radius 1 is 1.38 bits per heavy atom. The lowest BCUT2D eigenvalue weighted by Gasteiger charge is -2.19. The number of ether oxygens (including phenoxy) is 1. The van der Waals surface area contributed by atoms with Crippen LogP contribution < -0.4 is 15.8 Å². The van der Waals surface area contributed by atoms with Gasteiger partial charge in [-0.2, -0.15) is 0 Å². The topological polar surface area (TPSA) is 56.5 Å². The molecule has 0 aromatic heterocycles. The molecule has 1 aliphatic heterocycles. The number of nitrogens with two attached hydrogens (primary N) is 1. The van der Waals surface area contributed by atoms with Crippen molar-refractivity contribution in [2.45, 2.75) is 19.1 Å². The molecule has 0 aliphatic carbocycles. The highest BCUT2D eigenvalue weighted by Crippen LogP contribution is 2.25. The van der Waals surface area contributed by atoms with Crippen LogP contribution in [0.25, 0.3) is 0 Å². The standard InChI is InChI=1S/C11H15IN2O2/c1-7-8(13)3-2-4-9(7)15-10-5-14-6-11(10)16-12/h2-4,10-11,14H,5-6,13H2,1H3. The molecule has 2 unspecified atom stereocenters. The zero-order valence-corrected chi connectivity index (χ0v) is 11.2. The van der Waals surface area contributed by atoms with Crippen LogP contribution in [-0.2, 0) is 3.07 Å². The maximum Gasteiger partial charge on any atom is 0.139 e. The summed E-state index contributed by atoms with van der Waals surface area (Å²) in [5.74, 6) is 0.840. The zero-order chi connectivity index (χ0) is 11.5. The maximum absolute atomic E-state index is 5.92. The number of nitrogen functional groups attached to an aromatic ring is 1. The lowest BCUT2D eigenvalue weighted by atomic mass is 10.2. The van der Waals surface area contributed by atoms with Crippen molar-refractivity contribution in [3.63, 3.8) is 0 Å². The molecule has 3 N–H and O–H groups in total. The summed E-state index contributed by atoms with van der Waals surface area (Å²) in [5.41, 5.74) is 7.58. The van der Waals surface area contributed by atoms with Crippen molar-refractivity contribution >= 4 is 28.7 Å². The van der Waals surface area contributed by atoms with Crippen LogP contribution in [0, 0.1) is 6.92 Å². The minimum absolute atomic E-state index is 0.0531. The molecule has 1 aromatic carbocycles. The lowest BCUT2D eigenvalue weighted by Crippen LogP contribution is -2.30. The van der Waals surface area contributed by atoms with E-state index in [1.165, 1.54) is 0 Å². The van der Waals surface area contributed by atoms with Gasteiger partial charge >= 0.3 is 0 Å². The van der Waals surface area contributed by atoms with Crippen molar-refractivity contribution in [3.05, 3.63) is 23.8 Å². The van der Waals surface area contributed by atoms with Gasteiger partial charge in [0, 0.05) is 24.3 Å². The Hall–Kier alpha value is -0.530. The van der Waals surface area contributed by atoms with Crippen LogP contribution in [0.1, 0.15) is 5.56 Å². The highest BCUT2D eigenvalue weighted by atomic mass is 127. The molecule has 0 saturated carbocycles. The van der Waals surface area contributed by atoms with E-state index in [9.17, 15) is 0 Å². The summed E-state index contributed by atoms with van der Waals surface area (Å²) in [4.78, 5) is 0. The highest BCUT2D eigenvalue weighted by Gasteiger charge is 2.29. The van der Waals surface area contributed by atoms with Crippen LogP contribution in [0.4, 0.5) is 5.69 Å². The highest BCUT2D eigenvalue weighted by molar-refractivity contribution is 14.1. The largest absolute Gasteiger partial charge is 0.486 e. The van der Waals surface area contributed by atoms with Gasteiger partial charge in [-0.1, -0.05) is 6.07 Å². The van der Waals surface area contributed by atoms with Gasteiger partial charge in [0.1, 0.15) is 41.0 Å². The van der Waals surface area contributed by atoms with E-state index in [1.807, 2.05) is 48.1 Å². The Morgan fingerprint density at radius 3 is 2.88 bits per heavy atom. The molecule has 0 amide bonds. The first-order valence-electron chi connectivity index (χ1n) is 5.22. The van der Waals surface area contributed by atoms with Crippen LogP contribution in [0.5, 0.6) is 5.75 Å². The van der Waals surface area contributed by atoms with E-state index < -0.39 is 0 Å². The number of anilines is 1. The van der Waals surface area contributed by atoms with E-state index in [0.717, 1.165) is 30.1 Å². The van der Waals surface area contributed by atoms with E-state index in [-0.39, 0.29) is 12.2 Å². The van der Waals surface area contributed by atoms with Crippen LogP contribution in [0.15, 0.2) is 18.2 Å². The average molecular weight is 334 g/mol. The molecule has 1 aliphatic rings. The molecule has 2 atom stereocenters. The first-order chi connectivity index (χ1) is 7.72. The van der Waals surface area contributed by atoms with Crippen molar-refractivity contribution in [1.29, 1.82) is 0 Å². The lowest BCUT2D eigenvalue weighted by molar-refractivity contribution is 0.122. The van der Waals surface area contributed by atoms with Gasteiger partial charge in [-0.3, -0.25) is 0 Å². The van der Waals surface area contributed by atoms with Crippen molar-refractivity contribution < 1.29 is 7.80 Å². The van der Waals surface area contributed by atoms with Gasteiger partial charge in [-0.25, -0.2) is 0 Å². The minimum atomic E-state index is 0.0531. The molecule has 1 saturated heterocycles. The Morgan fingerprint density at radius 2 is 2.12 bits per heavy atom. The van der Waals surface area contributed by atoms with Gasteiger partial charge in [0.25, 0.3) is 0 Å². The number of halogens is 1. The molecular formula is C11H15IN2O2. The first-order valence-corrected chi connectivity index (χ1v) is 6.10. The Bertz CT molecular complexity index is 373. The number of nitrogens with one attached hydrogen (secondary N) is 1. The predicted molar refractivity (Wildman–Crippen MR) is 71.8 cm³/mol. The van der Waals surface area contributed by atoms with E-state index in [1.54, 1.807) is 0 Å². The average Bonchev–Trinajstić information content (AvgIpc) is 2.72. The SMILES string of the molecule is Cc1c(N)cccc1OC1CNCC1OI. The number of benzene rings is 1. The van der Waals surface area contributed by atoms with Crippen LogP contribution >= 0.6 is 23.0 Å². The Kier molecular flexibility index (Phi) is 3.88. The molecule has 0 radical (unpaired) electrons. The van der Waals surface area contributed by atoms with Crippen LogP contribution in [-0.4, -0.2) is 25.3 Å². The first kappa shape index (κ1) is 11.9. The van der Waals surface area contributed by atoms with Gasteiger partial charge < -0.3 is 18.9 Å². The fourth-order valence-corrected chi connectivity index (χ4v) is 2.27. The second-order valence-corrected chi connectivity index (χ2v) is 4.42. The van der Waals surface area contributed by atoms with Crippen LogP contribution in [0.2, 0.25) is 0 Å². The van der Waals surface area contributed by atoms with E-state index in [4.69, 9.17) is 13.5 Å². The Balaban J connectivity index is 2.11. The van der Waals surface area contributed by atoms with Gasteiger partial charge in [0.05, 0.1) is 0 Å². The molecule has 1 aromatic rings. The smallest absolute Gasteiger partial charge is 0.139 e. The molecule has 1 heterocycles. The van der Waals surface area contributed by atoms with Gasteiger partial charge in [0.2, 0.25) is 0 Å². The second-order valence-electron chi connectivity index (χ2n) is 3.91. The van der Waals surface area contributed by atoms with Gasteiger partial charge in [0.15, 0.2) is 0 Å². The van der Waals surface area contributed by atoms with Crippen molar-refractivity contribution in [2.75, 3.05) is 18.8 Å². The maximum atomic E-state index is 5.92. The quantitative estimate of drug-likeness (QED) is 0.652. The number of rotatable bonds is 3. The number of hydrogen-bond donors (Lipinski definition) is 2. The van der Waals surface area contributed by atoms with E-state index >= 15 is 0 Å². The summed E-state index contributed by atoms with van der Waals surface area (Å²) < 4.78 is 11.2. The molecule has 0 bridgehead atoms. The summed E-state index contributed by atoms with van der Waals surface area (Å²) in [6.45, 7) is 3.60. The summed E-state index contributed by atoms with van der Waals surface area (Å²) in [5, 5.41) is 3.24. The third-order valence-electron chi connectivity index (χ3n) is 2.82. The molecule has 88 valence electrons. The zero-order valence-electron chi connectivity index (χ0n) is 9.07. The monoisotopic (exact) mass is 334 g/mol. The summed E-state index contributed by atoms with van der Waals surface area (Å²) in [6.07, 6.45) is 0.152. The molecule has 0 spiro atoms. The van der Waals surface area contributed by atoms with Gasteiger partial charge in [-0.05, 0) is 19.1 Å². The molecule has 5 heteroatoms. The second kappa shape index (κ2) is 5.20. The van der Waals surface area contributed by atoms with Gasteiger partial charge in [-0.15, -0.1) is 0 Å². The third-order valence-corrected chi connectivity index (χ3v) is 3.48. The van der Waals surface area contributed by atoms with Crippen molar-refractivity contribution in [2.24, 2.45) is 0 Å². The van der Waals surface area contributed by atoms with Crippen molar-refractivity contribution in [3.8, 4) is 5.75 Å². The fraction of sp³-hybridized carbons (Fsp3) is 0.455. The molecular weight excluding hydrogens is 319 g/mol.